The lowest BCUT2D eigenvalue weighted by atomic mass is 9.83. The Balaban J connectivity index is 1.16. The maximum absolute atomic E-state index is 2.47. The van der Waals surface area contributed by atoms with Crippen LogP contribution in [0.1, 0.15) is 44.7 Å². The Morgan fingerprint density at radius 2 is 0.615 bits per heavy atom. The summed E-state index contributed by atoms with van der Waals surface area (Å²) in [6.07, 6.45) is 2.15. The molecule has 2 aliphatic heterocycles. The molecule has 4 unspecified atom stereocenters. The van der Waals surface area contributed by atoms with E-state index in [1.54, 1.807) is 0 Å². The molecule has 0 aromatic heterocycles. The van der Waals surface area contributed by atoms with Gasteiger partial charge in [0.05, 0.1) is 0 Å². The van der Waals surface area contributed by atoms with E-state index >= 15 is 0 Å². The Labute approximate surface area is 308 Å². The molecule has 0 bridgehead atoms. The quantitative estimate of drug-likeness (QED) is 0.158. The number of fused-ring (bicyclic) bond motifs is 14. The lowest BCUT2D eigenvalue weighted by Crippen LogP contribution is -2.06. The average molecular weight is 699 g/mol. The molecule has 2 aliphatic rings. The molecule has 0 saturated heterocycles. The van der Waals surface area contributed by atoms with Gasteiger partial charge >= 0.3 is 0 Å². The van der Waals surface area contributed by atoms with Gasteiger partial charge in [0.2, 0.25) is 0 Å². The summed E-state index contributed by atoms with van der Waals surface area (Å²) in [6.45, 7) is 0. The number of benzene rings is 9. The van der Waals surface area contributed by atoms with Gasteiger partial charge < -0.3 is 0 Å². The summed E-state index contributed by atoms with van der Waals surface area (Å²) in [6, 6.07) is 64.8. The molecule has 9 aromatic carbocycles. The zero-order valence-corrected chi connectivity index (χ0v) is 30.7. The Hall–Kier alpha value is -5.12. The molecule has 0 N–H and O–H groups in total. The molecule has 246 valence electrons. The van der Waals surface area contributed by atoms with Crippen molar-refractivity contribution in [2.45, 2.75) is 23.6 Å². The van der Waals surface area contributed by atoms with Crippen molar-refractivity contribution in [3.8, 4) is 22.3 Å². The summed E-state index contributed by atoms with van der Waals surface area (Å²) in [5, 5.41) is 10.7. The largest absolute Gasteiger partial charge is 0.105 e. The lowest BCUT2D eigenvalue weighted by molar-refractivity contribution is 1.05. The number of hydrogen-bond donors (Lipinski definition) is 0. The second kappa shape index (κ2) is 12.2. The minimum absolute atomic E-state index is 0.308. The second-order valence-corrected chi connectivity index (χ2v) is 17.1. The molecule has 0 amide bonds. The number of hydrogen-bond acceptors (Lipinski definition) is 0. The van der Waals surface area contributed by atoms with Gasteiger partial charge in [-0.05, 0) is 111 Å². The summed E-state index contributed by atoms with van der Waals surface area (Å²) in [5.41, 5.74) is 15.3. The van der Waals surface area contributed by atoms with Gasteiger partial charge in [-0.1, -0.05) is 170 Å². The molecule has 2 heterocycles. The zero-order chi connectivity index (χ0) is 34.2. The fraction of sp³-hybridized carbons (Fsp3) is 0.0800. The molecule has 9 aromatic rings. The highest BCUT2D eigenvalue weighted by atomic mass is 31.1. The van der Waals surface area contributed by atoms with E-state index < -0.39 is 0 Å². The van der Waals surface area contributed by atoms with Gasteiger partial charge in [0.15, 0.2) is 0 Å². The molecule has 0 saturated carbocycles. The van der Waals surface area contributed by atoms with Crippen molar-refractivity contribution in [1.82, 2.24) is 0 Å². The Bertz CT molecular complexity index is 2690. The van der Waals surface area contributed by atoms with Crippen LogP contribution >= 0.6 is 17.2 Å². The van der Waals surface area contributed by atoms with Crippen LogP contribution < -0.4 is 0 Å². The first-order valence-corrected chi connectivity index (χ1v) is 21.0. The minimum Gasteiger partial charge on any atom is -0.105 e. The lowest BCUT2D eigenvalue weighted by Gasteiger charge is -2.27. The van der Waals surface area contributed by atoms with Crippen molar-refractivity contribution >= 4 is 60.3 Å². The molecule has 0 radical (unpaired) electrons. The van der Waals surface area contributed by atoms with Crippen LogP contribution in [0.3, 0.4) is 0 Å². The molecule has 2 heteroatoms. The third-order valence-corrected chi connectivity index (χ3v) is 14.9. The minimum atomic E-state index is 0.308. The van der Waals surface area contributed by atoms with Gasteiger partial charge in [0.1, 0.15) is 0 Å². The van der Waals surface area contributed by atoms with Crippen LogP contribution in [0.15, 0.2) is 170 Å². The molecule has 0 spiro atoms. The maximum Gasteiger partial charge on any atom is 0.0275 e. The molecule has 4 atom stereocenters. The topological polar surface area (TPSA) is 0 Å². The predicted molar refractivity (Wildman–Crippen MR) is 228 cm³/mol. The van der Waals surface area contributed by atoms with E-state index in [0.717, 1.165) is 29.5 Å². The van der Waals surface area contributed by atoms with Crippen LogP contribution in [0.25, 0.3) is 65.3 Å². The zero-order valence-electron chi connectivity index (χ0n) is 28.7. The Kier molecular flexibility index (Phi) is 7.18. The Morgan fingerprint density at radius 1 is 0.288 bits per heavy atom. The van der Waals surface area contributed by atoms with Crippen molar-refractivity contribution in [3.05, 3.63) is 203 Å². The Morgan fingerprint density at radius 3 is 1.02 bits per heavy atom. The normalized spacial score (nSPS) is 17.5. The third kappa shape index (κ3) is 4.68. The summed E-state index contributed by atoms with van der Waals surface area (Å²) in [4.78, 5) is 0. The SMILES string of the molecule is c1ccc(C2PCc3ccc4ccccc4c3-c3c2ccc2ccccc32)c(C2PCc3ccc4ccccc4c3-c3c2ccc2ccccc32)c1. The van der Waals surface area contributed by atoms with Gasteiger partial charge in [-0.3, -0.25) is 0 Å². The highest BCUT2D eigenvalue weighted by Crippen LogP contribution is 2.59. The first-order valence-electron chi connectivity index (χ1n) is 18.4. The van der Waals surface area contributed by atoms with E-state index in [2.05, 4.69) is 170 Å². The van der Waals surface area contributed by atoms with Gasteiger partial charge in [-0.2, -0.15) is 0 Å². The van der Waals surface area contributed by atoms with Crippen molar-refractivity contribution < 1.29 is 0 Å². The molecule has 0 nitrogen and oxygen atoms in total. The standard InChI is InChI=1S/C50H36P2/c1-5-15-37-31(11-1)21-23-35-29-51-49(43-27-25-33-13-3-7-17-39(33)47(43)45(35)37)41-19-9-10-20-42(41)50-44-28-26-34-14-4-8-18-40(34)48(44)46-36(30-52-50)24-22-32-12-2-6-16-38(32)46/h1-28,49-52H,29-30H2. The highest BCUT2D eigenvalue weighted by molar-refractivity contribution is 7.38. The maximum atomic E-state index is 2.47. The second-order valence-electron chi connectivity index (χ2n) is 14.4. The van der Waals surface area contributed by atoms with Gasteiger partial charge in [0, 0.05) is 11.3 Å². The van der Waals surface area contributed by atoms with Crippen LogP contribution in [0.2, 0.25) is 0 Å². The molecular weight excluding hydrogens is 662 g/mol. The van der Waals surface area contributed by atoms with Crippen LogP contribution in [0.5, 0.6) is 0 Å². The molecular formula is C50H36P2. The predicted octanol–water partition coefficient (Wildman–Crippen LogP) is 14.2. The van der Waals surface area contributed by atoms with E-state index in [9.17, 15) is 0 Å². The highest BCUT2D eigenvalue weighted by Gasteiger charge is 2.32. The van der Waals surface area contributed by atoms with E-state index in [-0.39, 0.29) is 0 Å². The molecule has 52 heavy (non-hydrogen) atoms. The van der Waals surface area contributed by atoms with Gasteiger partial charge in [-0.25, -0.2) is 0 Å². The fourth-order valence-corrected chi connectivity index (χ4v) is 12.7. The van der Waals surface area contributed by atoms with E-state index in [1.165, 1.54) is 98.7 Å². The van der Waals surface area contributed by atoms with Crippen molar-refractivity contribution in [2.24, 2.45) is 0 Å². The van der Waals surface area contributed by atoms with Crippen molar-refractivity contribution in [1.29, 1.82) is 0 Å². The average Bonchev–Trinajstić information content (AvgIpc) is 3.49. The van der Waals surface area contributed by atoms with E-state index in [1.807, 2.05) is 0 Å². The molecule has 0 fully saturated rings. The van der Waals surface area contributed by atoms with E-state index in [0.29, 0.717) is 11.3 Å². The van der Waals surface area contributed by atoms with Crippen LogP contribution in [-0.2, 0) is 12.3 Å². The first kappa shape index (κ1) is 30.5. The van der Waals surface area contributed by atoms with Crippen LogP contribution in [-0.4, -0.2) is 0 Å². The van der Waals surface area contributed by atoms with Crippen molar-refractivity contribution in [3.63, 3.8) is 0 Å². The van der Waals surface area contributed by atoms with Gasteiger partial charge in [-0.15, -0.1) is 17.2 Å². The fourth-order valence-electron chi connectivity index (χ4n) is 9.37. The monoisotopic (exact) mass is 698 g/mol. The summed E-state index contributed by atoms with van der Waals surface area (Å²) < 4.78 is 0. The smallest absolute Gasteiger partial charge is 0.0275 e. The third-order valence-electron chi connectivity index (χ3n) is 11.7. The van der Waals surface area contributed by atoms with Gasteiger partial charge in [0.25, 0.3) is 0 Å². The van der Waals surface area contributed by atoms with Crippen LogP contribution in [0.4, 0.5) is 0 Å². The van der Waals surface area contributed by atoms with Crippen molar-refractivity contribution in [2.75, 3.05) is 0 Å². The summed E-state index contributed by atoms with van der Waals surface area (Å²) >= 11 is 0. The number of rotatable bonds is 2. The summed E-state index contributed by atoms with van der Waals surface area (Å²) in [5.74, 6) is 0. The first-order chi connectivity index (χ1) is 25.8. The van der Waals surface area contributed by atoms with Crippen LogP contribution in [0, 0.1) is 0 Å². The molecule has 11 rings (SSSR count). The summed E-state index contributed by atoms with van der Waals surface area (Å²) in [7, 11) is 1.49. The van der Waals surface area contributed by atoms with E-state index in [4.69, 9.17) is 0 Å². The molecule has 0 aliphatic carbocycles.